The van der Waals surface area contributed by atoms with Crippen LogP contribution in [-0.2, 0) is 13.0 Å². The molecule has 0 aromatic carbocycles. The molecule has 0 aliphatic rings. The zero-order chi connectivity index (χ0) is 14.7. The predicted molar refractivity (Wildman–Crippen MR) is 88.8 cm³/mol. The minimum atomic E-state index is 0.783. The molecule has 108 valence electrons. The topological polar surface area (TPSA) is 30.7 Å². The van der Waals surface area contributed by atoms with Crippen LogP contribution < -0.4 is 0 Å². The molecule has 0 saturated heterocycles. The van der Waals surface area contributed by atoms with Gasteiger partial charge in [0, 0.05) is 28.4 Å². The smallest absolute Gasteiger partial charge is 0.140 e. The van der Waals surface area contributed by atoms with Crippen LogP contribution in [0.1, 0.15) is 24.7 Å². The SMILES string of the molecule is CCCc1cc2cc(SC)cnc2n1Cc1ccccn1. The molecule has 3 rings (SSSR count). The maximum Gasteiger partial charge on any atom is 0.140 e. The summed E-state index contributed by atoms with van der Waals surface area (Å²) >= 11 is 1.73. The Hall–Kier alpha value is -1.81. The van der Waals surface area contributed by atoms with Gasteiger partial charge in [-0.25, -0.2) is 4.98 Å². The van der Waals surface area contributed by atoms with Crippen molar-refractivity contribution >= 4 is 22.8 Å². The average Bonchev–Trinajstić information content (AvgIpc) is 2.85. The van der Waals surface area contributed by atoms with E-state index in [4.69, 9.17) is 0 Å². The highest BCUT2D eigenvalue weighted by atomic mass is 32.2. The molecule has 0 amide bonds. The molecule has 4 heteroatoms. The number of hydrogen-bond donors (Lipinski definition) is 0. The molecule has 0 atom stereocenters. The van der Waals surface area contributed by atoms with Crippen molar-refractivity contribution in [1.29, 1.82) is 0 Å². The molecule has 0 aliphatic heterocycles. The third-order valence-corrected chi connectivity index (χ3v) is 4.28. The summed E-state index contributed by atoms with van der Waals surface area (Å²) in [5.41, 5.74) is 3.47. The number of aryl methyl sites for hydroxylation is 1. The molecule has 3 aromatic heterocycles. The van der Waals surface area contributed by atoms with E-state index in [2.05, 4.69) is 45.9 Å². The van der Waals surface area contributed by atoms with E-state index in [0.29, 0.717) is 0 Å². The Morgan fingerprint density at radius 1 is 1.19 bits per heavy atom. The second kappa shape index (κ2) is 6.31. The zero-order valence-electron chi connectivity index (χ0n) is 12.4. The summed E-state index contributed by atoms with van der Waals surface area (Å²) in [5, 5.41) is 1.22. The number of rotatable bonds is 5. The van der Waals surface area contributed by atoms with Gasteiger partial charge in [-0.05, 0) is 36.9 Å². The van der Waals surface area contributed by atoms with Crippen LogP contribution in [0.2, 0.25) is 0 Å². The lowest BCUT2D eigenvalue weighted by molar-refractivity contribution is 0.725. The van der Waals surface area contributed by atoms with Gasteiger partial charge < -0.3 is 4.57 Å². The van der Waals surface area contributed by atoms with Crippen LogP contribution in [-0.4, -0.2) is 20.8 Å². The molecule has 0 spiro atoms. The van der Waals surface area contributed by atoms with Gasteiger partial charge in [-0.2, -0.15) is 0 Å². The molecule has 3 heterocycles. The van der Waals surface area contributed by atoms with Crippen molar-refractivity contribution in [2.24, 2.45) is 0 Å². The van der Waals surface area contributed by atoms with Gasteiger partial charge in [0.1, 0.15) is 5.65 Å². The minimum absolute atomic E-state index is 0.783. The van der Waals surface area contributed by atoms with E-state index in [-0.39, 0.29) is 0 Å². The first-order chi connectivity index (χ1) is 10.3. The standard InChI is InChI=1S/C17H19N3S/c1-3-6-15-9-13-10-16(21-2)11-19-17(13)20(15)12-14-7-4-5-8-18-14/h4-5,7-11H,3,6,12H2,1-2H3. The van der Waals surface area contributed by atoms with Crippen LogP contribution in [0, 0.1) is 0 Å². The summed E-state index contributed by atoms with van der Waals surface area (Å²) in [6.45, 7) is 2.99. The predicted octanol–water partition coefficient (Wildman–Crippen LogP) is 4.15. The van der Waals surface area contributed by atoms with Gasteiger partial charge in [0.25, 0.3) is 0 Å². The Bertz CT molecular complexity index is 734. The van der Waals surface area contributed by atoms with E-state index in [1.807, 2.05) is 24.5 Å². The maximum absolute atomic E-state index is 4.67. The normalized spacial score (nSPS) is 11.1. The molecule has 21 heavy (non-hydrogen) atoms. The Balaban J connectivity index is 2.07. The number of pyridine rings is 2. The third-order valence-electron chi connectivity index (χ3n) is 3.58. The van der Waals surface area contributed by atoms with Crippen molar-refractivity contribution in [3.05, 3.63) is 54.1 Å². The van der Waals surface area contributed by atoms with Crippen molar-refractivity contribution in [3.8, 4) is 0 Å². The van der Waals surface area contributed by atoms with E-state index < -0.39 is 0 Å². The van der Waals surface area contributed by atoms with Gasteiger partial charge in [0.05, 0.1) is 12.2 Å². The van der Waals surface area contributed by atoms with Gasteiger partial charge >= 0.3 is 0 Å². The lowest BCUT2D eigenvalue weighted by Gasteiger charge is -2.09. The number of hydrogen-bond acceptors (Lipinski definition) is 3. The van der Waals surface area contributed by atoms with Gasteiger partial charge in [-0.1, -0.05) is 19.4 Å². The van der Waals surface area contributed by atoms with Crippen LogP contribution in [0.4, 0.5) is 0 Å². The van der Waals surface area contributed by atoms with E-state index in [1.165, 1.54) is 16.0 Å². The Kier molecular flexibility index (Phi) is 4.25. The van der Waals surface area contributed by atoms with Crippen LogP contribution >= 0.6 is 11.8 Å². The molecular weight excluding hydrogens is 278 g/mol. The molecule has 3 aromatic rings. The fraction of sp³-hybridized carbons (Fsp3) is 0.294. The lowest BCUT2D eigenvalue weighted by Crippen LogP contribution is -2.06. The van der Waals surface area contributed by atoms with Crippen molar-refractivity contribution < 1.29 is 0 Å². The molecule has 0 aliphatic carbocycles. The second-order valence-electron chi connectivity index (χ2n) is 5.08. The van der Waals surface area contributed by atoms with Crippen molar-refractivity contribution in [1.82, 2.24) is 14.5 Å². The molecule has 0 bridgehead atoms. The first-order valence-electron chi connectivity index (χ1n) is 7.24. The van der Waals surface area contributed by atoms with Gasteiger partial charge in [-0.15, -0.1) is 11.8 Å². The number of fused-ring (bicyclic) bond motifs is 1. The van der Waals surface area contributed by atoms with Crippen molar-refractivity contribution in [2.75, 3.05) is 6.26 Å². The molecule has 0 N–H and O–H groups in total. The molecule has 0 unspecified atom stereocenters. The zero-order valence-corrected chi connectivity index (χ0v) is 13.2. The summed E-state index contributed by atoms with van der Waals surface area (Å²) in [6, 6.07) is 10.5. The molecule has 0 saturated carbocycles. The molecule has 0 radical (unpaired) electrons. The maximum atomic E-state index is 4.67. The monoisotopic (exact) mass is 297 g/mol. The largest absolute Gasteiger partial charge is 0.324 e. The Labute approximate surface area is 129 Å². The number of nitrogens with zero attached hydrogens (tertiary/aromatic N) is 3. The first-order valence-corrected chi connectivity index (χ1v) is 8.46. The number of aromatic nitrogens is 3. The summed E-state index contributed by atoms with van der Waals surface area (Å²) in [6.07, 6.45) is 8.09. The lowest BCUT2D eigenvalue weighted by atomic mass is 10.2. The van der Waals surface area contributed by atoms with Crippen LogP contribution in [0.3, 0.4) is 0 Å². The minimum Gasteiger partial charge on any atom is -0.324 e. The quantitative estimate of drug-likeness (QED) is 0.663. The van der Waals surface area contributed by atoms with E-state index in [9.17, 15) is 0 Å². The molecule has 0 fully saturated rings. The van der Waals surface area contributed by atoms with Crippen molar-refractivity contribution in [3.63, 3.8) is 0 Å². The van der Waals surface area contributed by atoms with Crippen LogP contribution in [0.15, 0.2) is 47.6 Å². The summed E-state index contributed by atoms with van der Waals surface area (Å²) in [7, 11) is 0. The van der Waals surface area contributed by atoms with E-state index in [1.54, 1.807) is 11.8 Å². The van der Waals surface area contributed by atoms with Gasteiger partial charge in [0.2, 0.25) is 0 Å². The van der Waals surface area contributed by atoms with Crippen LogP contribution in [0.25, 0.3) is 11.0 Å². The highest BCUT2D eigenvalue weighted by molar-refractivity contribution is 7.98. The Morgan fingerprint density at radius 3 is 2.81 bits per heavy atom. The molecular formula is C17H19N3S. The average molecular weight is 297 g/mol. The highest BCUT2D eigenvalue weighted by Gasteiger charge is 2.11. The van der Waals surface area contributed by atoms with Gasteiger partial charge in [0.15, 0.2) is 0 Å². The van der Waals surface area contributed by atoms with Crippen molar-refractivity contribution in [2.45, 2.75) is 31.2 Å². The summed E-state index contributed by atoms with van der Waals surface area (Å²) < 4.78 is 2.30. The summed E-state index contributed by atoms with van der Waals surface area (Å²) in [4.78, 5) is 10.3. The van der Waals surface area contributed by atoms with E-state index >= 15 is 0 Å². The first kappa shape index (κ1) is 14.1. The van der Waals surface area contributed by atoms with E-state index in [0.717, 1.165) is 30.7 Å². The number of thioether (sulfide) groups is 1. The van der Waals surface area contributed by atoms with Gasteiger partial charge in [-0.3, -0.25) is 4.98 Å². The summed E-state index contributed by atoms with van der Waals surface area (Å²) in [5.74, 6) is 0. The highest BCUT2D eigenvalue weighted by Crippen LogP contribution is 2.24. The molecule has 3 nitrogen and oxygen atoms in total. The fourth-order valence-electron chi connectivity index (χ4n) is 2.58. The van der Waals surface area contributed by atoms with Crippen LogP contribution in [0.5, 0.6) is 0 Å². The third kappa shape index (κ3) is 2.95. The Morgan fingerprint density at radius 2 is 2.10 bits per heavy atom. The second-order valence-corrected chi connectivity index (χ2v) is 5.96. The fourth-order valence-corrected chi connectivity index (χ4v) is 2.99.